The number of nitrogens with two attached hydrogens (primary N) is 1. The summed E-state index contributed by atoms with van der Waals surface area (Å²) in [7, 11) is -3.28. The minimum atomic E-state index is -3.28. The van der Waals surface area contributed by atoms with E-state index in [1.807, 2.05) is 6.92 Å². The van der Waals surface area contributed by atoms with Crippen molar-refractivity contribution in [3.05, 3.63) is 29.8 Å². The normalized spacial score (nSPS) is 13.7. The standard InChI is InChI=1S/C15H25NO3S/c1-12(2)10-13(3)19-8-9-20(17,18)15-6-4-14(11-16)5-7-15/h4-7,12-13H,8-11,16H2,1-3H3. The van der Waals surface area contributed by atoms with Crippen LogP contribution >= 0.6 is 0 Å². The molecule has 0 saturated carbocycles. The van der Waals surface area contributed by atoms with Gasteiger partial charge in [0, 0.05) is 6.54 Å². The molecule has 1 rings (SSSR count). The van der Waals surface area contributed by atoms with E-state index in [1.165, 1.54) is 0 Å². The minimum absolute atomic E-state index is 0.0113. The number of sulfone groups is 1. The van der Waals surface area contributed by atoms with E-state index in [0.717, 1.165) is 12.0 Å². The lowest BCUT2D eigenvalue weighted by Crippen LogP contribution is -2.18. The summed E-state index contributed by atoms with van der Waals surface area (Å²) in [4.78, 5) is 0.329. The maximum absolute atomic E-state index is 12.1. The van der Waals surface area contributed by atoms with Gasteiger partial charge in [0.2, 0.25) is 0 Å². The molecule has 1 atom stereocenters. The Morgan fingerprint density at radius 3 is 2.25 bits per heavy atom. The summed E-state index contributed by atoms with van der Waals surface area (Å²) in [6, 6.07) is 6.70. The number of hydrogen-bond acceptors (Lipinski definition) is 4. The van der Waals surface area contributed by atoms with Crippen LogP contribution in [0.4, 0.5) is 0 Å². The van der Waals surface area contributed by atoms with Gasteiger partial charge in [-0.15, -0.1) is 0 Å². The van der Waals surface area contributed by atoms with Crippen molar-refractivity contribution in [1.29, 1.82) is 0 Å². The van der Waals surface area contributed by atoms with Gasteiger partial charge in [-0.1, -0.05) is 26.0 Å². The lowest BCUT2D eigenvalue weighted by molar-refractivity contribution is 0.0627. The van der Waals surface area contributed by atoms with Crippen molar-refractivity contribution in [3.8, 4) is 0 Å². The molecule has 0 aliphatic heterocycles. The molecular formula is C15H25NO3S. The molecule has 5 heteroatoms. The maximum Gasteiger partial charge on any atom is 0.180 e. The monoisotopic (exact) mass is 299 g/mol. The summed E-state index contributed by atoms with van der Waals surface area (Å²) in [5.41, 5.74) is 6.41. The summed E-state index contributed by atoms with van der Waals surface area (Å²) in [5, 5.41) is 0. The first-order valence-electron chi connectivity index (χ1n) is 6.98. The average Bonchev–Trinajstić information content (AvgIpc) is 2.37. The molecule has 0 heterocycles. The molecule has 114 valence electrons. The molecule has 0 aromatic heterocycles. The smallest absolute Gasteiger partial charge is 0.180 e. The zero-order valence-corrected chi connectivity index (χ0v) is 13.3. The molecule has 0 radical (unpaired) electrons. The van der Waals surface area contributed by atoms with Crippen molar-refractivity contribution in [2.24, 2.45) is 11.7 Å². The fourth-order valence-corrected chi connectivity index (χ4v) is 3.14. The van der Waals surface area contributed by atoms with Crippen LogP contribution in [0.15, 0.2) is 29.2 Å². The summed E-state index contributed by atoms with van der Waals surface area (Å²) >= 11 is 0. The first-order valence-corrected chi connectivity index (χ1v) is 8.63. The fourth-order valence-electron chi connectivity index (χ4n) is 2.04. The van der Waals surface area contributed by atoms with Crippen LogP contribution in [0.5, 0.6) is 0 Å². The SMILES string of the molecule is CC(C)CC(C)OCCS(=O)(=O)c1ccc(CN)cc1. The second-order valence-electron chi connectivity index (χ2n) is 5.48. The highest BCUT2D eigenvalue weighted by molar-refractivity contribution is 7.91. The maximum atomic E-state index is 12.1. The number of hydrogen-bond donors (Lipinski definition) is 1. The lowest BCUT2D eigenvalue weighted by atomic mass is 10.1. The van der Waals surface area contributed by atoms with Crippen LogP contribution in [-0.4, -0.2) is 26.9 Å². The molecule has 1 unspecified atom stereocenters. The van der Waals surface area contributed by atoms with Gasteiger partial charge in [-0.25, -0.2) is 8.42 Å². The number of benzene rings is 1. The summed E-state index contributed by atoms with van der Waals surface area (Å²) in [5.74, 6) is 0.558. The van der Waals surface area contributed by atoms with Crippen LogP contribution in [0, 0.1) is 5.92 Å². The molecule has 20 heavy (non-hydrogen) atoms. The van der Waals surface area contributed by atoms with Gasteiger partial charge in [0.15, 0.2) is 9.84 Å². The first kappa shape index (κ1) is 17.1. The highest BCUT2D eigenvalue weighted by Gasteiger charge is 2.15. The quantitative estimate of drug-likeness (QED) is 0.800. The van der Waals surface area contributed by atoms with Crippen molar-refractivity contribution in [2.45, 2.75) is 44.7 Å². The van der Waals surface area contributed by atoms with Crippen molar-refractivity contribution < 1.29 is 13.2 Å². The Bertz CT molecular complexity index is 494. The molecule has 4 nitrogen and oxygen atoms in total. The molecule has 0 aliphatic carbocycles. The topological polar surface area (TPSA) is 69.4 Å². The van der Waals surface area contributed by atoms with E-state index in [0.29, 0.717) is 17.4 Å². The highest BCUT2D eigenvalue weighted by atomic mass is 32.2. The Morgan fingerprint density at radius 2 is 1.75 bits per heavy atom. The molecule has 0 spiro atoms. The zero-order valence-electron chi connectivity index (χ0n) is 12.5. The zero-order chi connectivity index (χ0) is 15.2. The van der Waals surface area contributed by atoms with Crippen molar-refractivity contribution >= 4 is 9.84 Å². The van der Waals surface area contributed by atoms with Crippen LogP contribution in [0.2, 0.25) is 0 Å². The Kier molecular flexibility index (Phi) is 6.65. The van der Waals surface area contributed by atoms with E-state index < -0.39 is 9.84 Å². The summed E-state index contributed by atoms with van der Waals surface area (Å²) in [6.07, 6.45) is 1.02. The second kappa shape index (κ2) is 7.76. The molecule has 0 bridgehead atoms. The van der Waals surface area contributed by atoms with Gasteiger partial charge in [0.1, 0.15) is 0 Å². The molecule has 0 aliphatic rings. The molecule has 0 fully saturated rings. The Labute approximate surface area is 122 Å². The number of ether oxygens (including phenoxy) is 1. The Balaban J connectivity index is 2.52. The van der Waals surface area contributed by atoms with Gasteiger partial charge in [-0.2, -0.15) is 0 Å². The van der Waals surface area contributed by atoms with Crippen molar-refractivity contribution in [3.63, 3.8) is 0 Å². The van der Waals surface area contributed by atoms with Crippen molar-refractivity contribution in [2.75, 3.05) is 12.4 Å². The van der Waals surface area contributed by atoms with Gasteiger partial charge in [-0.05, 0) is 37.0 Å². The van der Waals surface area contributed by atoms with Gasteiger partial charge >= 0.3 is 0 Å². The third-order valence-corrected chi connectivity index (χ3v) is 4.77. The summed E-state index contributed by atoms with van der Waals surface area (Å²) < 4.78 is 29.8. The van der Waals surface area contributed by atoms with Crippen LogP contribution in [0.1, 0.15) is 32.8 Å². The first-order chi connectivity index (χ1) is 9.35. The molecule has 0 amide bonds. The summed E-state index contributed by atoms with van der Waals surface area (Å²) in [6.45, 7) is 6.86. The lowest BCUT2D eigenvalue weighted by Gasteiger charge is -2.15. The van der Waals surface area contributed by atoms with Gasteiger partial charge < -0.3 is 10.5 Å². The van der Waals surface area contributed by atoms with E-state index >= 15 is 0 Å². The predicted octanol–water partition coefficient (Wildman–Crippen LogP) is 2.37. The van der Waals surface area contributed by atoms with E-state index in [-0.39, 0.29) is 18.5 Å². The molecule has 0 saturated heterocycles. The predicted molar refractivity (Wildman–Crippen MR) is 81.3 cm³/mol. The van der Waals surface area contributed by atoms with Crippen LogP contribution in [0.25, 0.3) is 0 Å². The average molecular weight is 299 g/mol. The van der Waals surface area contributed by atoms with E-state index in [4.69, 9.17) is 10.5 Å². The molecule has 1 aromatic rings. The largest absolute Gasteiger partial charge is 0.377 e. The molecular weight excluding hydrogens is 274 g/mol. The third kappa shape index (κ3) is 5.61. The van der Waals surface area contributed by atoms with E-state index in [1.54, 1.807) is 24.3 Å². The van der Waals surface area contributed by atoms with Gasteiger partial charge in [0.25, 0.3) is 0 Å². The van der Waals surface area contributed by atoms with Crippen LogP contribution < -0.4 is 5.73 Å². The second-order valence-corrected chi connectivity index (χ2v) is 7.59. The fraction of sp³-hybridized carbons (Fsp3) is 0.600. The van der Waals surface area contributed by atoms with E-state index in [9.17, 15) is 8.42 Å². The third-order valence-electron chi connectivity index (χ3n) is 3.08. The molecule has 1 aromatic carbocycles. The van der Waals surface area contributed by atoms with Gasteiger partial charge in [-0.3, -0.25) is 0 Å². The number of rotatable bonds is 8. The Morgan fingerprint density at radius 1 is 1.15 bits per heavy atom. The van der Waals surface area contributed by atoms with Crippen molar-refractivity contribution in [1.82, 2.24) is 0 Å². The van der Waals surface area contributed by atoms with Crippen LogP contribution in [0.3, 0.4) is 0 Å². The minimum Gasteiger partial charge on any atom is -0.377 e. The van der Waals surface area contributed by atoms with Crippen LogP contribution in [-0.2, 0) is 21.1 Å². The Hall–Kier alpha value is -0.910. The highest BCUT2D eigenvalue weighted by Crippen LogP contribution is 2.13. The van der Waals surface area contributed by atoms with Gasteiger partial charge in [0.05, 0.1) is 23.4 Å². The van der Waals surface area contributed by atoms with E-state index in [2.05, 4.69) is 13.8 Å². The molecule has 2 N–H and O–H groups in total.